The first kappa shape index (κ1) is 19.5. The number of hydrogen-bond donors (Lipinski definition) is 1. The van der Waals surface area contributed by atoms with Crippen LogP contribution in [0.1, 0.15) is 24.2 Å². The second-order valence-electron chi connectivity index (χ2n) is 6.65. The lowest BCUT2D eigenvalue weighted by Crippen LogP contribution is -2.29. The molecule has 0 spiro atoms. The van der Waals surface area contributed by atoms with Crippen molar-refractivity contribution < 1.29 is 22.7 Å². The van der Waals surface area contributed by atoms with E-state index in [1.54, 1.807) is 32.0 Å². The Labute approximate surface area is 162 Å². The van der Waals surface area contributed by atoms with Gasteiger partial charge in [-0.1, -0.05) is 11.6 Å². The van der Waals surface area contributed by atoms with Gasteiger partial charge in [0.05, 0.1) is 5.02 Å². The topological polar surface area (TPSA) is 84.9 Å². The molecule has 0 saturated heterocycles. The molecule has 0 atom stereocenters. The van der Waals surface area contributed by atoms with Gasteiger partial charge in [0.25, 0.3) is 5.91 Å². The number of fused-ring (bicyclic) bond motifs is 1. The molecule has 0 aliphatic carbocycles. The molecule has 144 valence electrons. The Morgan fingerprint density at radius 2 is 1.74 bits per heavy atom. The summed E-state index contributed by atoms with van der Waals surface area (Å²) in [6.45, 7) is 3.57. The number of benzene rings is 2. The van der Waals surface area contributed by atoms with Crippen LogP contribution in [-0.4, -0.2) is 38.5 Å². The number of rotatable bonds is 4. The van der Waals surface area contributed by atoms with Crippen LogP contribution >= 0.6 is 11.6 Å². The summed E-state index contributed by atoms with van der Waals surface area (Å²) in [5.41, 5.74) is 0.657. The summed E-state index contributed by atoms with van der Waals surface area (Å²) in [6.07, 6.45) is 0. The zero-order chi connectivity index (χ0) is 20.0. The van der Waals surface area contributed by atoms with Gasteiger partial charge in [-0.25, -0.2) is 12.7 Å². The van der Waals surface area contributed by atoms with Gasteiger partial charge in [0.15, 0.2) is 11.5 Å². The number of ether oxygens (including phenoxy) is 2. The lowest BCUT2D eigenvalue weighted by atomic mass is 10.2. The van der Waals surface area contributed by atoms with Gasteiger partial charge in [0.1, 0.15) is 4.90 Å². The molecule has 0 aromatic heterocycles. The highest BCUT2D eigenvalue weighted by Crippen LogP contribution is 2.40. The molecular formula is C18H19ClN2O5S. The van der Waals surface area contributed by atoms with Crippen molar-refractivity contribution in [3.8, 4) is 11.5 Å². The van der Waals surface area contributed by atoms with Crippen molar-refractivity contribution in [2.75, 3.05) is 19.4 Å². The van der Waals surface area contributed by atoms with Crippen LogP contribution in [0.15, 0.2) is 41.3 Å². The number of carbonyl (C=O) groups is 1. The average molecular weight is 411 g/mol. The molecule has 7 nitrogen and oxygen atoms in total. The fourth-order valence-electron chi connectivity index (χ4n) is 2.54. The highest BCUT2D eigenvalue weighted by Gasteiger charge is 2.31. The molecule has 1 N–H and O–H groups in total. The van der Waals surface area contributed by atoms with Crippen LogP contribution in [-0.2, 0) is 10.0 Å². The highest BCUT2D eigenvalue weighted by atomic mass is 35.5. The third kappa shape index (κ3) is 3.87. The van der Waals surface area contributed by atoms with E-state index in [1.807, 2.05) is 0 Å². The van der Waals surface area contributed by atoms with Crippen molar-refractivity contribution in [2.24, 2.45) is 0 Å². The Morgan fingerprint density at radius 3 is 2.41 bits per heavy atom. The van der Waals surface area contributed by atoms with E-state index < -0.39 is 21.7 Å². The van der Waals surface area contributed by atoms with Gasteiger partial charge >= 0.3 is 0 Å². The van der Waals surface area contributed by atoms with E-state index in [4.69, 9.17) is 21.1 Å². The number of amides is 1. The molecule has 0 radical (unpaired) electrons. The number of carbonyl (C=O) groups excluding carboxylic acids is 1. The monoisotopic (exact) mass is 410 g/mol. The smallest absolute Gasteiger partial charge is 0.255 e. The van der Waals surface area contributed by atoms with Crippen molar-refractivity contribution in [1.29, 1.82) is 0 Å². The molecule has 2 aromatic carbocycles. The molecule has 27 heavy (non-hydrogen) atoms. The molecule has 2 aromatic rings. The first-order chi connectivity index (χ1) is 12.5. The number of sulfonamides is 1. The third-order valence-corrected chi connectivity index (χ3v) is 6.16. The summed E-state index contributed by atoms with van der Waals surface area (Å²) in [4.78, 5) is 12.4. The van der Waals surface area contributed by atoms with E-state index >= 15 is 0 Å². The Hall–Kier alpha value is -2.29. The Morgan fingerprint density at radius 1 is 1.07 bits per heavy atom. The van der Waals surface area contributed by atoms with Crippen molar-refractivity contribution in [2.45, 2.75) is 24.5 Å². The molecule has 3 rings (SSSR count). The summed E-state index contributed by atoms with van der Waals surface area (Å²) in [6, 6.07) is 9.12. The standard InChI is InChI=1S/C18H19ClN2O5S/c1-18(2)25-14-8-6-12(10-15(14)26-18)20-17(22)11-5-7-13(19)16(9-11)27(23,24)21(3)4/h5-10H,1-4H3,(H,20,22). The number of hydrogen-bond acceptors (Lipinski definition) is 5. The molecule has 1 aliphatic heterocycles. The summed E-state index contributed by atoms with van der Waals surface area (Å²) in [5.74, 6) is -0.134. The first-order valence-corrected chi connectivity index (χ1v) is 9.87. The van der Waals surface area contributed by atoms with Crippen LogP contribution in [0.25, 0.3) is 0 Å². The molecule has 1 amide bonds. The lowest BCUT2D eigenvalue weighted by molar-refractivity contribution is -0.0431. The second kappa shape index (κ2) is 6.70. The van der Waals surface area contributed by atoms with Gasteiger partial charge < -0.3 is 14.8 Å². The lowest BCUT2D eigenvalue weighted by Gasteiger charge is -2.16. The maximum absolute atomic E-state index is 12.6. The van der Waals surface area contributed by atoms with E-state index in [9.17, 15) is 13.2 Å². The zero-order valence-corrected chi connectivity index (χ0v) is 16.8. The second-order valence-corrected chi connectivity index (χ2v) is 9.18. The van der Waals surface area contributed by atoms with Crippen LogP contribution in [0.3, 0.4) is 0 Å². The molecule has 0 unspecified atom stereocenters. The number of halogens is 1. The van der Waals surface area contributed by atoms with Gasteiger partial charge in [-0.15, -0.1) is 0 Å². The predicted octanol–water partition coefficient (Wildman–Crippen LogP) is 3.35. The van der Waals surface area contributed by atoms with Gasteiger partial charge in [-0.2, -0.15) is 0 Å². The van der Waals surface area contributed by atoms with Crippen molar-refractivity contribution in [3.05, 3.63) is 47.0 Å². The SMILES string of the molecule is CN(C)S(=O)(=O)c1cc(C(=O)Nc2ccc3c(c2)OC(C)(C)O3)ccc1Cl. The molecule has 0 bridgehead atoms. The number of anilines is 1. The van der Waals surface area contributed by atoms with Crippen molar-refractivity contribution >= 4 is 33.2 Å². The number of nitrogens with zero attached hydrogens (tertiary/aromatic N) is 1. The van der Waals surface area contributed by atoms with Crippen molar-refractivity contribution in [1.82, 2.24) is 4.31 Å². The van der Waals surface area contributed by atoms with Crippen LogP contribution in [0.5, 0.6) is 11.5 Å². The first-order valence-electron chi connectivity index (χ1n) is 8.05. The highest BCUT2D eigenvalue weighted by molar-refractivity contribution is 7.89. The molecule has 1 aliphatic rings. The van der Waals surface area contributed by atoms with Crippen LogP contribution in [0.4, 0.5) is 5.69 Å². The summed E-state index contributed by atoms with van der Waals surface area (Å²) < 4.78 is 37.0. The Kier molecular flexibility index (Phi) is 4.83. The average Bonchev–Trinajstić information content (AvgIpc) is 2.87. The minimum absolute atomic E-state index is 0.0468. The van der Waals surface area contributed by atoms with E-state index in [1.165, 1.54) is 32.3 Å². The summed E-state index contributed by atoms with van der Waals surface area (Å²) >= 11 is 6.01. The van der Waals surface area contributed by atoms with Crippen LogP contribution in [0, 0.1) is 0 Å². The normalized spacial score (nSPS) is 15.0. The maximum atomic E-state index is 12.6. The minimum atomic E-state index is -3.77. The summed E-state index contributed by atoms with van der Waals surface area (Å²) in [7, 11) is -0.982. The van der Waals surface area contributed by atoms with Crippen LogP contribution in [0.2, 0.25) is 5.02 Å². The molecular weight excluding hydrogens is 392 g/mol. The van der Waals surface area contributed by atoms with Gasteiger partial charge in [-0.3, -0.25) is 4.79 Å². The largest absolute Gasteiger partial charge is 0.449 e. The Balaban J connectivity index is 1.86. The third-order valence-electron chi connectivity index (χ3n) is 3.87. The van der Waals surface area contributed by atoms with E-state index in [-0.39, 0.29) is 15.5 Å². The molecule has 1 heterocycles. The summed E-state index contributed by atoms with van der Waals surface area (Å²) in [5, 5.41) is 2.76. The van der Waals surface area contributed by atoms with Gasteiger partial charge in [-0.05, 0) is 30.3 Å². The molecule has 0 saturated carbocycles. The fraction of sp³-hybridized carbons (Fsp3) is 0.278. The van der Waals surface area contributed by atoms with E-state index in [2.05, 4.69) is 5.32 Å². The fourth-order valence-corrected chi connectivity index (χ4v) is 3.94. The van der Waals surface area contributed by atoms with Gasteiger partial charge in [0.2, 0.25) is 15.8 Å². The molecule has 0 fully saturated rings. The zero-order valence-electron chi connectivity index (χ0n) is 15.2. The van der Waals surface area contributed by atoms with Gasteiger partial charge in [0, 0.05) is 45.3 Å². The van der Waals surface area contributed by atoms with E-state index in [0.29, 0.717) is 17.2 Å². The van der Waals surface area contributed by atoms with Crippen molar-refractivity contribution in [3.63, 3.8) is 0 Å². The quantitative estimate of drug-likeness (QED) is 0.835. The predicted molar refractivity (Wildman–Crippen MR) is 102 cm³/mol. The van der Waals surface area contributed by atoms with Crippen LogP contribution < -0.4 is 14.8 Å². The minimum Gasteiger partial charge on any atom is -0.449 e. The van der Waals surface area contributed by atoms with E-state index in [0.717, 1.165) is 4.31 Å². The maximum Gasteiger partial charge on any atom is 0.255 e. The number of nitrogens with one attached hydrogen (secondary N) is 1. The molecule has 9 heteroatoms. The Bertz CT molecular complexity index is 1020.